The number of hydrogen-bond acceptors (Lipinski definition) is 3. The van der Waals surface area contributed by atoms with Crippen LogP contribution in [0.15, 0.2) is 18.2 Å². The predicted molar refractivity (Wildman–Crippen MR) is 65.4 cm³/mol. The van der Waals surface area contributed by atoms with Crippen LogP contribution in [-0.2, 0) is 0 Å². The van der Waals surface area contributed by atoms with Crippen molar-refractivity contribution in [2.75, 3.05) is 13.2 Å². The van der Waals surface area contributed by atoms with Gasteiger partial charge in [-0.05, 0) is 38.3 Å². The molecule has 5 heteroatoms. The normalized spacial score (nSPS) is 14.3. The number of benzene rings is 1. The van der Waals surface area contributed by atoms with Crippen LogP contribution in [0.3, 0.4) is 0 Å². The number of rotatable bonds is 7. The Balaban J connectivity index is 2.30. The first kappa shape index (κ1) is 14.9. The highest BCUT2D eigenvalue weighted by Gasteiger charge is 2.16. The van der Waals surface area contributed by atoms with Crippen molar-refractivity contribution in [3.63, 3.8) is 0 Å². The number of halogens is 2. The van der Waals surface area contributed by atoms with E-state index in [2.05, 4.69) is 0 Å². The van der Waals surface area contributed by atoms with Crippen molar-refractivity contribution in [2.24, 2.45) is 5.73 Å². The molecule has 0 aliphatic rings. The molecular formula is C13H19F2NO2. The molecule has 1 atom stereocenters. The molecule has 0 radical (unpaired) electrons. The summed E-state index contributed by atoms with van der Waals surface area (Å²) < 4.78 is 31.4. The van der Waals surface area contributed by atoms with E-state index < -0.39 is 17.2 Å². The molecule has 1 aromatic rings. The van der Waals surface area contributed by atoms with Crippen molar-refractivity contribution in [3.8, 4) is 5.75 Å². The number of aliphatic hydroxyl groups excluding tert-OH is 1. The van der Waals surface area contributed by atoms with Gasteiger partial charge in [-0.1, -0.05) is 6.07 Å². The lowest BCUT2D eigenvalue weighted by molar-refractivity contribution is 0.193. The van der Waals surface area contributed by atoms with Crippen LogP contribution in [0.25, 0.3) is 0 Å². The summed E-state index contributed by atoms with van der Waals surface area (Å²) in [6.07, 6.45) is 1.98. The number of aliphatic hydroxyl groups is 1. The van der Waals surface area contributed by atoms with E-state index in [4.69, 9.17) is 15.6 Å². The van der Waals surface area contributed by atoms with E-state index in [1.165, 1.54) is 6.07 Å². The van der Waals surface area contributed by atoms with Crippen LogP contribution in [0.2, 0.25) is 0 Å². The number of nitrogens with two attached hydrogens (primary N) is 1. The van der Waals surface area contributed by atoms with Crippen LogP contribution in [0, 0.1) is 11.6 Å². The second kappa shape index (κ2) is 6.66. The molecule has 0 saturated carbocycles. The third kappa shape index (κ3) is 4.58. The van der Waals surface area contributed by atoms with Gasteiger partial charge in [0, 0.05) is 5.54 Å². The van der Waals surface area contributed by atoms with E-state index in [0.29, 0.717) is 12.8 Å². The number of ether oxygens (including phenoxy) is 1. The maximum atomic E-state index is 13.2. The summed E-state index contributed by atoms with van der Waals surface area (Å²) in [7, 11) is 0. The van der Waals surface area contributed by atoms with Gasteiger partial charge in [0.05, 0.1) is 13.2 Å². The first-order valence-electron chi connectivity index (χ1n) is 5.93. The van der Waals surface area contributed by atoms with Crippen molar-refractivity contribution < 1.29 is 18.6 Å². The highest BCUT2D eigenvalue weighted by atomic mass is 19.1. The summed E-state index contributed by atoms with van der Waals surface area (Å²) in [6.45, 7) is 1.89. The van der Waals surface area contributed by atoms with Gasteiger partial charge in [-0.3, -0.25) is 0 Å². The standard InChI is InChI=1S/C13H19F2NO2/c1-13(16,9-17)7-2-3-8-18-12-10(14)5-4-6-11(12)15/h4-6,17H,2-3,7-9,16H2,1H3. The van der Waals surface area contributed by atoms with E-state index in [0.717, 1.165) is 18.6 Å². The van der Waals surface area contributed by atoms with E-state index >= 15 is 0 Å². The highest BCUT2D eigenvalue weighted by molar-refractivity contribution is 5.25. The Kier molecular flexibility index (Phi) is 5.50. The van der Waals surface area contributed by atoms with Gasteiger partial charge in [0.15, 0.2) is 17.4 Å². The van der Waals surface area contributed by atoms with Gasteiger partial charge >= 0.3 is 0 Å². The van der Waals surface area contributed by atoms with E-state index in [1.54, 1.807) is 6.92 Å². The highest BCUT2D eigenvalue weighted by Crippen LogP contribution is 2.21. The molecule has 0 fully saturated rings. The first-order valence-corrected chi connectivity index (χ1v) is 5.93. The molecule has 102 valence electrons. The molecule has 0 spiro atoms. The lowest BCUT2D eigenvalue weighted by Crippen LogP contribution is -2.39. The molecule has 0 aliphatic heterocycles. The van der Waals surface area contributed by atoms with Crippen LogP contribution in [0.4, 0.5) is 8.78 Å². The Hall–Kier alpha value is -1.20. The fraction of sp³-hybridized carbons (Fsp3) is 0.538. The Labute approximate surface area is 106 Å². The summed E-state index contributed by atoms with van der Waals surface area (Å²) >= 11 is 0. The van der Waals surface area contributed by atoms with Crippen LogP contribution < -0.4 is 10.5 Å². The molecule has 3 nitrogen and oxygen atoms in total. The maximum Gasteiger partial charge on any atom is 0.190 e. The summed E-state index contributed by atoms with van der Waals surface area (Å²) in [6, 6.07) is 3.60. The number of hydrogen-bond donors (Lipinski definition) is 2. The van der Waals surface area contributed by atoms with Crippen molar-refractivity contribution in [1.29, 1.82) is 0 Å². The van der Waals surface area contributed by atoms with E-state index in [9.17, 15) is 8.78 Å². The maximum absolute atomic E-state index is 13.2. The second-order valence-corrected chi connectivity index (χ2v) is 4.67. The third-order valence-corrected chi connectivity index (χ3v) is 2.67. The van der Waals surface area contributed by atoms with Crippen molar-refractivity contribution in [2.45, 2.75) is 31.7 Å². The zero-order chi connectivity index (χ0) is 13.6. The fourth-order valence-electron chi connectivity index (χ4n) is 1.50. The van der Waals surface area contributed by atoms with Crippen molar-refractivity contribution in [3.05, 3.63) is 29.8 Å². The fourth-order valence-corrected chi connectivity index (χ4v) is 1.50. The van der Waals surface area contributed by atoms with Gasteiger partial charge in [-0.15, -0.1) is 0 Å². The summed E-state index contributed by atoms with van der Waals surface area (Å²) in [5.41, 5.74) is 5.14. The topological polar surface area (TPSA) is 55.5 Å². The lowest BCUT2D eigenvalue weighted by atomic mass is 9.97. The SMILES string of the molecule is CC(N)(CO)CCCCOc1c(F)cccc1F. The van der Waals surface area contributed by atoms with Gasteiger partial charge in [0.25, 0.3) is 0 Å². The van der Waals surface area contributed by atoms with Crippen molar-refractivity contribution >= 4 is 0 Å². The molecule has 0 aromatic heterocycles. The minimum atomic E-state index is -0.700. The van der Waals surface area contributed by atoms with Gasteiger partial charge in [0.1, 0.15) is 0 Å². The monoisotopic (exact) mass is 259 g/mol. The van der Waals surface area contributed by atoms with Crippen LogP contribution in [0.1, 0.15) is 26.2 Å². The molecule has 0 heterocycles. The molecular weight excluding hydrogens is 240 g/mol. The largest absolute Gasteiger partial charge is 0.488 e. The Bertz CT molecular complexity index is 363. The second-order valence-electron chi connectivity index (χ2n) is 4.67. The number of para-hydroxylation sites is 1. The molecule has 0 bridgehead atoms. The smallest absolute Gasteiger partial charge is 0.190 e. The summed E-state index contributed by atoms with van der Waals surface area (Å²) in [5.74, 6) is -1.74. The molecule has 0 saturated heterocycles. The zero-order valence-corrected chi connectivity index (χ0v) is 10.5. The Morgan fingerprint density at radius 3 is 2.44 bits per heavy atom. The van der Waals surface area contributed by atoms with Crippen LogP contribution in [0.5, 0.6) is 5.75 Å². The number of unbranched alkanes of at least 4 members (excludes halogenated alkanes) is 1. The van der Waals surface area contributed by atoms with Gasteiger partial charge in [-0.2, -0.15) is 0 Å². The minimum Gasteiger partial charge on any atom is -0.488 e. The van der Waals surface area contributed by atoms with E-state index in [1.807, 2.05) is 0 Å². The zero-order valence-electron chi connectivity index (χ0n) is 10.5. The van der Waals surface area contributed by atoms with Gasteiger partial charge in [0.2, 0.25) is 0 Å². The first-order chi connectivity index (χ1) is 8.46. The average Bonchev–Trinajstić information content (AvgIpc) is 2.32. The molecule has 0 amide bonds. The average molecular weight is 259 g/mol. The lowest BCUT2D eigenvalue weighted by Gasteiger charge is -2.21. The Morgan fingerprint density at radius 1 is 1.28 bits per heavy atom. The van der Waals surface area contributed by atoms with E-state index in [-0.39, 0.29) is 19.0 Å². The molecule has 1 aromatic carbocycles. The molecule has 1 unspecified atom stereocenters. The van der Waals surface area contributed by atoms with Crippen LogP contribution >= 0.6 is 0 Å². The van der Waals surface area contributed by atoms with Crippen molar-refractivity contribution in [1.82, 2.24) is 0 Å². The Morgan fingerprint density at radius 2 is 1.89 bits per heavy atom. The molecule has 1 rings (SSSR count). The summed E-state index contributed by atoms with van der Waals surface area (Å²) in [4.78, 5) is 0. The minimum absolute atomic E-state index is 0.0875. The third-order valence-electron chi connectivity index (χ3n) is 2.67. The van der Waals surface area contributed by atoms with Gasteiger partial charge < -0.3 is 15.6 Å². The predicted octanol–water partition coefficient (Wildman–Crippen LogP) is 2.22. The quantitative estimate of drug-likeness (QED) is 0.738. The molecule has 3 N–H and O–H groups in total. The van der Waals surface area contributed by atoms with Crippen LogP contribution in [-0.4, -0.2) is 23.9 Å². The summed E-state index contributed by atoms with van der Waals surface area (Å²) in [5, 5.41) is 8.95. The van der Waals surface area contributed by atoms with Gasteiger partial charge in [-0.25, -0.2) is 8.78 Å². The molecule has 18 heavy (non-hydrogen) atoms. The molecule has 0 aliphatic carbocycles.